The fourth-order valence-corrected chi connectivity index (χ4v) is 3.57. The van der Waals surface area contributed by atoms with Gasteiger partial charge in [-0.25, -0.2) is 4.98 Å². The lowest BCUT2D eigenvalue weighted by atomic mass is 10.1. The summed E-state index contributed by atoms with van der Waals surface area (Å²) < 4.78 is 7.88. The van der Waals surface area contributed by atoms with Gasteiger partial charge in [0.05, 0.1) is 24.6 Å². The van der Waals surface area contributed by atoms with Gasteiger partial charge in [0, 0.05) is 31.9 Å². The van der Waals surface area contributed by atoms with Crippen LogP contribution in [0.4, 0.5) is 0 Å². The van der Waals surface area contributed by atoms with Crippen molar-refractivity contribution < 1.29 is 9.53 Å². The molecule has 6 nitrogen and oxygen atoms in total. The molecule has 4 rings (SSSR count). The lowest BCUT2D eigenvalue weighted by Crippen LogP contribution is -2.43. The summed E-state index contributed by atoms with van der Waals surface area (Å²) in [5.41, 5.74) is 2.51. The van der Waals surface area contributed by atoms with E-state index in [1.807, 2.05) is 65.0 Å². The Balaban J connectivity index is 1.42. The molecule has 1 amide bonds. The summed E-state index contributed by atoms with van der Waals surface area (Å²) in [6, 6.07) is 15.7. The first-order valence-corrected chi connectivity index (χ1v) is 9.60. The van der Waals surface area contributed by atoms with Crippen LogP contribution < -0.4 is 0 Å². The lowest BCUT2D eigenvalue weighted by Gasteiger charge is -2.32. The molecule has 1 unspecified atom stereocenters. The quantitative estimate of drug-likeness (QED) is 0.685. The third-order valence-electron chi connectivity index (χ3n) is 5.10. The molecule has 1 aliphatic rings. The molecule has 1 aliphatic heterocycles. The van der Waals surface area contributed by atoms with E-state index in [0.29, 0.717) is 18.8 Å². The third kappa shape index (κ3) is 3.97. The van der Waals surface area contributed by atoms with Gasteiger partial charge in [0.1, 0.15) is 11.5 Å². The summed E-state index contributed by atoms with van der Waals surface area (Å²) in [5, 5.41) is 0. The van der Waals surface area contributed by atoms with Gasteiger partial charge in [-0.1, -0.05) is 36.4 Å². The molecule has 1 fully saturated rings. The summed E-state index contributed by atoms with van der Waals surface area (Å²) in [5.74, 6) is 0.798. The molecule has 1 atom stereocenters. The van der Waals surface area contributed by atoms with Crippen molar-refractivity contribution in [2.45, 2.75) is 25.6 Å². The summed E-state index contributed by atoms with van der Waals surface area (Å²) >= 11 is 0. The van der Waals surface area contributed by atoms with Gasteiger partial charge in [-0.2, -0.15) is 0 Å². The molecule has 0 N–H and O–H groups in total. The van der Waals surface area contributed by atoms with E-state index in [2.05, 4.69) is 9.97 Å². The van der Waals surface area contributed by atoms with Crippen LogP contribution in [0, 0.1) is 0 Å². The molecule has 0 aliphatic carbocycles. The average Bonchev–Trinajstić information content (AvgIpc) is 3.14. The first kappa shape index (κ1) is 18.4. The van der Waals surface area contributed by atoms with Gasteiger partial charge in [-0.05, 0) is 25.0 Å². The van der Waals surface area contributed by atoms with Crippen molar-refractivity contribution in [1.82, 2.24) is 19.4 Å². The van der Waals surface area contributed by atoms with Crippen LogP contribution in [-0.2, 0) is 18.4 Å². The number of pyridine rings is 1. The summed E-state index contributed by atoms with van der Waals surface area (Å²) in [6.45, 7) is 1.81. The van der Waals surface area contributed by atoms with Crippen molar-refractivity contribution in [1.29, 1.82) is 0 Å². The van der Waals surface area contributed by atoms with Crippen LogP contribution in [0.1, 0.15) is 29.0 Å². The molecule has 0 radical (unpaired) electrons. The van der Waals surface area contributed by atoms with Crippen molar-refractivity contribution in [3.05, 3.63) is 72.3 Å². The number of rotatable bonds is 5. The normalized spacial score (nSPS) is 16.9. The number of hydrogen-bond donors (Lipinski definition) is 0. The number of nitrogens with zero attached hydrogens (tertiary/aromatic N) is 4. The zero-order valence-electron chi connectivity index (χ0n) is 16.0. The van der Waals surface area contributed by atoms with Crippen LogP contribution in [0.2, 0.25) is 0 Å². The Kier molecular flexibility index (Phi) is 5.48. The van der Waals surface area contributed by atoms with E-state index in [9.17, 15) is 4.79 Å². The molecule has 3 aromatic rings. The number of likely N-dealkylation sites (tertiary alicyclic amines) is 1. The highest BCUT2D eigenvalue weighted by atomic mass is 16.5. The van der Waals surface area contributed by atoms with Crippen LogP contribution >= 0.6 is 0 Å². The number of aromatic nitrogens is 3. The SMILES string of the molecule is Cn1c(C(=O)N2CCCC(OCc3ccccn3)C2)cnc1-c1ccccc1. The Labute approximate surface area is 164 Å². The molecule has 0 bridgehead atoms. The Bertz CT molecular complexity index is 924. The maximum absolute atomic E-state index is 13.1. The molecule has 1 saturated heterocycles. The van der Waals surface area contributed by atoms with Crippen molar-refractivity contribution >= 4 is 5.91 Å². The van der Waals surface area contributed by atoms with Crippen LogP contribution in [0.15, 0.2) is 60.9 Å². The van der Waals surface area contributed by atoms with Crippen molar-refractivity contribution in [3.63, 3.8) is 0 Å². The highest BCUT2D eigenvalue weighted by molar-refractivity contribution is 5.93. The zero-order valence-corrected chi connectivity index (χ0v) is 16.0. The second-order valence-corrected chi connectivity index (χ2v) is 7.04. The highest BCUT2D eigenvalue weighted by Gasteiger charge is 2.27. The van der Waals surface area contributed by atoms with E-state index in [4.69, 9.17) is 4.74 Å². The topological polar surface area (TPSA) is 60.2 Å². The average molecular weight is 376 g/mol. The molecular formula is C22H24N4O2. The molecule has 144 valence electrons. The maximum atomic E-state index is 13.1. The number of ether oxygens (including phenoxy) is 1. The van der Waals surface area contributed by atoms with Crippen LogP contribution in [0.3, 0.4) is 0 Å². The maximum Gasteiger partial charge on any atom is 0.272 e. The highest BCUT2D eigenvalue weighted by Crippen LogP contribution is 2.21. The van der Waals surface area contributed by atoms with E-state index in [0.717, 1.165) is 36.5 Å². The molecule has 2 aromatic heterocycles. The van der Waals surface area contributed by atoms with E-state index < -0.39 is 0 Å². The van der Waals surface area contributed by atoms with E-state index >= 15 is 0 Å². The Morgan fingerprint density at radius 3 is 2.75 bits per heavy atom. The lowest BCUT2D eigenvalue weighted by molar-refractivity contribution is -0.00810. The molecular weight excluding hydrogens is 352 g/mol. The zero-order chi connectivity index (χ0) is 19.3. The Morgan fingerprint density at radius 1 is 1.14 bits per heavy atom. The number of carbonyl (C=O) groups is 1. The molecule has 0 saturated carbocycles. The minimum atomic E-state index is 0.00307. The van der Waals surface area contributed by atoms with Crippen LogP contribution in [0.25, 0.3) is 11.4 Å². The predicted octanol–water partition coefficient (Wildman–Crippen LogP) is 3.30. The van der Waals surface area contributed by atoms with Gasteiger partial charge in [-0.3, -0.25) is 9.78 Å². The molecule has 3 heterocycles. The molecule has 28 heavy (non-hydrogen) atoms. The first-order valence-electron chi connectivity index (χ1n) is 9.60. The number of amides is 1. The van der Waals surface area contributed by atoms with Gasteiger partial charge >= 0.3 is 0 Å². The van der Waals surface area contributed by atoms with Gasteiger partial charge in [0.15, 0.2) is 0 Å². The fraction of sp³-hybridized carbons (Fsp3) is 0.318. The molecule has 0 spiro atoms. The predicted molar refractivity (Wildman–Crippen MR) is 107 cm³/mol. The fourth-order valence-electron chi connectivity index (χ4n) is 3.57. The standard InChI is InChI=1S/C22H24N4O2/c1-25-20(14-24-21(25)17-8-3-2-4-9-17)22(27)26-13-7-11-19(15-26)28-16-18-10-5-6-12-23-18/h2-6,8-10,12,14,19H,7,11,13,15-16H2,1H3. The van der Waals surface area contributed by atoms with Crippen LogP contribution in [0.5, 0.6) is 0 Å². The molecule has 6 heteroatoms. The second kappa shape index (κ2) is 8.35. The van der Waals surface area contributed by atoms with Crippen LogP contribution in [-0.4, -0.2) is 44.5 Å². The number of carbonyl (C=O) groups excluding carboxylic acids is 1. The number of hydrogen-bond acceptors (Lipinski definition) is 4. The molecule has 1 aromatic carbocycles. The summed E-state index contributed by atoms with van der Waals surface area (Å²) in [6.07, 6.45) is 5.35. The van der Waals surface area contributed by atoms with E-state index in [1.165, 1.54) is 0 Å². The number of benzene rings is 1. The number of imidazole rings is 1. The Morgan fingerprint density at radius 2 is 1.96 bits per heavy atom. The van der Waals surface area contributed by atoms with Crippen molar-refractivity contribution in [2.24, 2.45) is 7.05 Å². The summed E-state index contributed by atoms with van der Waals surface area (Å²) in [7, 11) is 1.89. The number of piperidine rings is 1. The van der Waals surface area contributed by atoms with Crippen molar-refractivity contribution in [2.75, 3.05) is 13.1 Å². The van der Waals surface area contributed by atoms with Gasteiger partial charge in [0.2, 0.25) is 0 Å². The smallest absolute Gasteiger partial charge is 0.272 e. The third-order valence-corrected chi connectivity index (χ3v) is 5.10. The van der Waals surface area contributed by atoms with E-state index in [-0.39, 0.29) is 12.0 Å². The van der Waals surface area contributed by atoms with E-state index in [1.54, 1.807) is 12.4 Å². The van der Waals surface area contributed by atoms with Gasteiger partial charge in [-0.15, -0.1) is 0 Å². The Hall–Kier alpha value is -2.99. The van der Waals surface area contributed by atoms with Gasteiger partial charge in [0.25, 0.3) is 5.91 Å². The summed E-state index contributed by atoms with van der Waals surface area (Å²) in [4.78, 5) is 23.7. The second-order valence-electron chi connectivity index (χ2n) is 7.04. The monoisotopic (exact) mass is 376 g/mol. The minimum Gasteiger partial charge on any atom is -0.370 e. The van der Waals surface area contributed by atoms with Crippen molar-refractivity contribution in [3.8, 4) is 11.4 Å². The van der Waals surface area contributed by atoms with Gasteiger partial charge < -0.3 is 14.2 Å². The largest absolute Gasteiger partial charge is 0.370 e. The first-order chi connectivity index (χ1) is 13.7. The minimum absolute atomic E-state index is 0.00307.